The van der Waals surface area contributed by atoms with Gasteiger partial charge in [0.05, 0.1) is 7.11 Å². The van der Waals surface area contributed by atoms with Gasteiger partial charge >= 0.3 is 16.5 Å². The Kier molecular flexibility index (Phi) is 11.9. The van der Waals surface area contributed by atoms with Crippen LogP contribution in [0, 0.1) is 55.4 Å². The zero-order valence-electron chi connectivity index (χ0n) is 40.4. The lowest BCUT2D eigenvalue weighted by atomic mass is 9.83. The number of hydrogen-bond donors (Lipinski definition) is 0. The Morgan fingerprint density at radius 3 is 1.23 bits per heavy atom. The van der Waals surface area contributed by atoms with E-state index in [0.717, 1.165) is 123 Å². The number of fused-ring (bicyclic) bond motifs is 6. The smallest absolute Gasteiger partial charge is 0.453 e. The summed E-state index contributed by atoms with van der Waals surface area (Å²) < 4.78 is 48.2. The summed E-state index contributed by atoms with van der Waals surface area (Å²) in [5.74, 6) is 2.06. The minimum Gasteiger partial charge on any atom is -0.497 e. The number of hydrogen-bond acceptors (Lipinski definition) is 7. The molecule has 7 nitrogen and oxygen atoms in total. The van der Waals surface area contributed by atoms with Gasteiger partial charge in [-0.05, 0) is 165 Å². The number of benzene rings is 6. The summed E-state index contributed by atoms with van der Waals surface area (Å²) in [5, 5.41) is 3.89. The van der Waals surface area contributed by atoms with E-state index in [1.165, 1.54) is 5.56 Å². The molecule has 0 amide bonds. The van der Waals surface area contributed by atoms with Gasteiger partial charge in [0.15, 0.2) is 0 Å². The van der Waals surface area contributed by atoms with E-state index in [4.69, 9.17) is 30.6 Å². The topological polar surface area (TPSA) is 80.3 Å². The van der Waals surface area contributed by atoms with Crippen molar-refractivity contribution in [3.8, 4) is 28.4 Å². The Balaban J connectivity index is 1.40. The first-order chi connectivity index (χ1) is 30.1. The summed E-state index contributed by atoms with van der Waals surface area (Å²) in [6.07, 6.45) is 0.871. The van der Waals surface area contributed by atoms with Crippen molar-refractivity contribution in [3.63, 3.8) is 0 Å². The van der Waals surface area contributed by atoms with Crippen molar-refractivity contribution in [2.24, 2.45) is 0 Å². The van der Waals surface area contributed by atoms with E-state index in [0.29, 0.717) is 11.5 Å². The summed E-state index contributed by atoms with van der Waals surface area (Å²) in [6, 6.07) is 25.9. The second kappa shape index (κ2) is 16.8. The Hall–Kier alpha value is -5.48. The van der Waals surface area contributed by atoms with Crippen LogP contribution < -0.4 is 13.8 Å². The normalized spacial score (nSPS) is 12.4. The first-order valence-corrected chi connectivity index (χ1v) is 24.4. The SMILES string of the molecule is CCc1cc(C(C)(C)C)c2op(Oc3c(C)cc(C)cc3-c3cc(C)cc(C)c3Op3oc4c(C)cc(C)cc4c4cc(C)cc(C)c4o3)oc3c(C(C)(C)C)cc(OC)cc3c2c1. The highest BCUT2D eigenvalue weighted by Crippen LogP contribution is 2.50. The van der Waals surface area contributed by atoms with Crippen LogP contribution in [0.25, 0.3) is 55.0 Å². The van der Waals surface area contributed by atoms with Crippen LogP contribution in [0.3, 0.4) is 0 Å². The molecule has 0 aliphatic rings. The van der Waals surface area contributed by atoms with Crippen molar-refractivity contribution in [3.05, 3.63) is 134 Å². The van der Waals surface area contributed by atoms with E-state index >= 15 is 0 Å². The molecule has 0 fully saturated rings. The fraction of sp³-hybridized carbons (Fsp3) is 0.345. The fourth-order valence-electron chi connectivity index (χ4n) is 8.99. The summed E-state index contributed by atoms with van der Waals surface area (Å²) >= 11 is 0. The molecule has 0 aliphatic carbocycles. The first-order valence-electron chi connectivity index (χ1n) is 22.2. The van der Waals surface area contributed by atoms with Gasteiger partial charge in [-0.25, -0.2) is 0 Å². The zero-order chi connectivity index (χ0) is 46.2. The van der Waals surface area contributed by atoms with Crippen molar-refractivity contribution in [2.45, 2.75) is 121 Å². The van der Waals surface area contributed by atoms with Crippen molar-refractivity contribution in [1.82, 2.24) is 0 Å². The molecule has 0 saturated carbocycles. The van der Waals surface area contributed by atoms with Gasteiger partial charge in [0, 0.05) is 43.8 Å². The number of ether oxygens (including phenoxy) is 1. The van der Waals surface area contributed by atoms with Crippen molar-refractivity contribution >= 4 is 60.4 Å². The lowest BCUT2D eigenvalue weighted by Crippen LogP contribution is -2.12. The largest absolute Gasteiger partial charge is 0.497 e. The molecule has 0 saturated heterocycles. The molecule has 8 aromatic rings. The van der Waals surface area contributed by atoms with E-state index in [2.05, 4.69) is 177 Å². The molecule has 8 rings (SSSR count). The third kappa shape index (κ3) is 8.58. The second-order valence-electron chi connectivity index (χ2n) is 19.8. The highest BCUT2D eigenvalue weighted by atomic mass is 31.1. The highest BCUT2D eigenvalue weighted by molar-refractivity contribution is 7.32. The van der Waals surface area contributed by atoms with E-state index in [1.54, 1.807) is 7.11 Å². The van der Waals surface area contributed by atoms with Crippen molar-refractivity contribution in [1.29, 1.82) is 0 Å². The maximum atomic E-state index is 7.24. The van der Waals surface area contributed by atoms with E-state index < -0.39 is 16.5 Å². The third-order valence-corrected chi connectivity index (χ3v) is 14.0. The molecular weight excluding hydrogens is 835 g/mol. The van der Waals surface area contributed by atoms with Crippen LogP contribution in [0.1, 0.15) is 110 Å². The number of aryl methyl sites for hydroxylation is 9. The molecule has 0 N–H and O–H groups in total. The predicted octanol–water partition coefficient (Wildman–Crippen LogP) is 17.9. The molecule has 0 aliphatic heterocycles. The predicted molar refractivity (Wildman–Crippen MR) is 268 cm³/mol. The lowest BCUT2D eigenvalue weighted by molar-refractivity contribution is 0.413. The van der Waals surface area contributed by atoms with Crippen molar-refractivity contribution < 1.29 is 30.6 Å². The average Bonchev–Trinajstić information content (AvgIpc) is 3.46. The molecule has 2 heterocycles. The van der Waals surface area contributed by atoms with Gasteiger partial charge in [0.1, 0.15) is 39.6 Å². The van der Waals surface area contributed by atoms with Gasteiger partial charge in [-0.2, -0.15) is 0 Å². The van der Waals surface area contributed by atoms with Crippen LogP contribution in [0.15, 0.2) is 89.6 Å². The molecule has 9 heteroatoms. The Labute approximate surface area is 380 Å². The standard InChI is InChI=1S/C55H62O7P2/c1-17-38-26-44-45-28-39(56-16)29-47(55(13,14)15)53(45)62-64(61-52(44)46(27-38)54(10,11)12)60-51-37(9)21-33(5)25-43(51)42-24-32(4)20-36(8)50(42)59-63-57-48-34(6)18-30(2)22-40(48)41-23-31(3)19-35(7)49(41)58-63/h18-29H,17H2,1-16H3. The monoisotopic (exact) mass is 896 g/mol. The molecule has 2 aromatic heterocycles. The van der Waals surface area contributed by atoms with E-state index in [9.17, 15) is 0 Å². The lowest BCUT2D eigenvalue weighted by Gasteiger charge is -2.22. The molecule has 334 valence electrons. The number of rotatable bonds is 7. The van der Waals surface area contributed by atoms with Crippen LogP contribution in [-0.4, -0.2) is 7.11 Å². The van der Waals surface area contributed by atoms with Gasteiger partial charge in [-0.3, -0.25) is 0 Å². The van der Waals surface area contributed by atoms with Crippen molar-refractivity contribution in [2.75, 3.05) is 7.11 Å². The van der Waals surface area contributed by atoms with Gasteiger partial charge in [-0.1, -0.05) is 78.8 Å². The van der Waals surface area contributed by atoms with Crippen LogP contribution in [0.4, 0.5) is 0 Å². The third-order valence-electron chi connectivity index (χ3n) is 12.0. The number of methoxy groups -OCH3 is 1. The van der Waals surface area contributed by atoms with Crippen LogP contribution >= 0.6 is 16.5 Å². The molecule has 1 atom stereocenters. The molecule has 0 spiro atoms. The zero-order valence-corrected chi connectivity index (χ0v) is 42.2. The summed E-state index contributed by atoms with van der Waals surface area (Å²) in [7, 11) is -2.33. The maximum absolute atomic E-state index is 7.24. The van der Waals surface area contributed by atoms with E-state index in [1.807, 2.05) is 0 Å². The first kappa shape index (κ1) is 45.1. The molecule has 0 bridgehead atoms. The molecule has 6 aromatic carbocycles. The van der Waals surface area contributed by atoms with Gasteiger partial charge in [-0.15, -0.1) is 0 Å². The Morgan fingerprint density at radius 1 is 0.438 bits per heavy atom. The average molecular weight is 897 g/mol. The quantitative estimate of drug-likeness (QED) is 0.158. The molecular formula is C55H62O7P2. The van der Waals surface area contributed by atoms with Crippen LogP contribution in [0.5, 0.6) is 17.2 Å². The minimum atomic E-state index is -2.08. The van der Waals surface area contributed by atoms with Gasteiger partial charge < -0.3 is 30.6 Å². The summed E-state index contributed by atoms with van der Waals surface area (Å²) in [5.41, 5.74) is 15.9. The highest BCUT2D eigenvalue weighted by Gasteiger charge is 2.28. The summed E-state index contributed by atoms with van der Waals surface area (Å²) in [4.78, 5) is 0. The fourth-order valence-corrected chi connectivity index (χ4v) is 11.5. The minimum absolute atomic E-state index is 0.248. The second-order valence-corrected chi connectivity index (χ2v) is 21.7. The molecule has 0 radical (unpaired) electrons. The van der Waals surface area contributed by atoms with Gasteiger partial charge in [0.2, 0.25) is 0 Å². The molecule has 64 heavy (non-hydrogen) atoms. The Morgan fingerprint density at radius 2 is 0.812 bits per heavy atom. The Bertz CT molecular complexity index is 3090. The maximum Gasteiger partial charge on any atom is 0.453 e. The van der Waals surface area contributed by atoms with Crippen LogP contribution in [0.2, 0.25) is 0 Å². The summed E-state index contributed by atoms with van der Waals surface area (Å²) in [6.45, 7) is 32.2. The molecule has 1 unspecified atom stereocenters. The van der Waals surface area contributed by atoms with Crippen LogP contribution in [-0.2, 0) is 17.3 Å². The van der Waals surface area contributed by atoms with Gasteiger partial charge in [0.25, 0.3) is 0 Å². The van der Waals surface area contributed by atoms with E-state index in [-0.39, 0.29) is 10.8 Å².